The first-order chi connectivity index (χ1) is 14.2. The number of hydrogen-bond acceptors (Lipinski definition) is 6. The van der Waals surface area contributed by atoms with Crippen LogP contribution in [0.4, 0.5) is 5.69 Å². The average molecular weight is 400 g/mol. The van der Waals surface area contributed by atoms with Crippen LogP contribution in [0, 0.1) is 0 Å². The smallest absolute Gasteiger partial charge is 0.309 e. The summed E-state index contributed by atoms with van der Waals surface area (Å²) in [4.78, 5) is 28.5. The highest BCUT2D eigenvalue weighted by Gasteiger charge is 2.28. The van der Waals surface area contributed by atoms with Gasteiger partial charge in [-0.05, 0) is 30.7 Å². The van der Waals surface area contributed by atoms with Crippen LogP contribution in [-0.2, 0) is 9.59 Å². The molecule has 8 nitrogen and oxygen atoms in total. The van der Waals surface area contributed by atoms with E-state index in [2.05, 4.69) is 32.6 Å². The lowest BCUT2D eigenvalue weighted by Crippen LogP contribution is -2.50. The minimum Gasteiger partial charge on any atom is -0.468 e. The first kappa shape index (κ1) is 20.9. The van der Waals surface area contributed by atoms with Crippen LogP contribution in [0.15, 0.2) is 53.1 Å². The SMILES string of the molecule is O=C(NCCCO)C(=O)NC[C@H](c1ccco1)N1CCN(c2ccccc2)CC1. The van der Waals surface area contributed by atoms with E-state index in [1.807, 2.05) is 30.3 Å². The van der Waals surface area contributed by atoms with E-state index >= 15 is 0 Å². The Morgan fingerprint density at radius 1 is 1.00 bits per heavy atom. The highest BCUT2D eigenvalue weighted by molar-refractivity contribution is 6.35. The van der Waals surface area contributed by atoms with Gasteiger partial charge in [0.15, 0.2) is 0 Å². The zero-order valence-corrected chi connectivity index (χ0v) is 16.4. The molecule has 0 bridgehead atoms. The molecule has 1 saturated heterocycles. The predicted molar refractivity (Wildman–Crippen MR) is 109 cm³/mol. The van der Waals surface area contributed by atoms with Crippen molar-refractivity contribution in [2.75, 3.05) is 50.8 Å². The number of nitrogens with zero attached hydrogens (tertiary/aromatic N) is 2. The molecule has 0 spiro atoms. The van der Waals surface area contributed by atoms with Gasteiger partial charge in [-0.25, -0.2) is 0 Å². The van der Waals surface area contributed by atoms with Gasteiger partial charge in [0.1, 0.15) is 5.76 Å². The first-order valence-corrected chi connectivity index (χ1v) is 9.93. The summed E-state index contributed by atoms with van der Waals surface area (Å²) in [6.45, 7) is 3.90. The number of hydrogen-bond donors (Lipinski definition) is 3. The van der Waals surface area contributed by atoms with Crippen LogP contribution >= 0.6 is 0 Å². The van der Waals surface area contributed by atoms with Crippen molar-refractivity contribution in [1.29, 1.82) is 0 Å². The molecular formula is C21H28N4O4. The van der Waals surface area contributed by atoms with E-state index in [0.717, 1.165) is 31.9 Å². The Kier molecular flexibility index (Phi) is 7.66. The maximum Gasteiger partial charge on any atom is 0.309 e. The quantitative estimate of drug-likeness (QED) is 0.447. The van der Waals surface area contributed by atoms with Crippen molar-refractivity contribution < 1.29 is 19.1 Å². The molecular weight excluding hydrogens is 372 g/mol. The molecule has 0 radical (unpaired) electrons. The Morgan fingerprint density at radius 2 is 1.72 bits per heavy atom. The first-order valence-electron chi connectivity index (χ1n) is 9.93. The normalized spacial score (nSPS) is 15.7. The minimum absolute atomic E-state index is 0.0303. The summed E-state index contributed by atoms with van der Waals surface area (Å²) in [7, 11) is 0. The van der Waals surface area contributed by atoms with E-state index in [1.54, 1.807) is 6.26 Å². The van der Waals surface area contributed by atoms with Crippen molar-refractivity contribution in [3.05, 3.63) is 54.5 Å². The van der Waals surface area contributed by atoms with Crippen molar-refractivity contribution in [1.82, 2.24) is 15.5 Å². The largest absolute Gasteiger partial charge is 0.468 e. The number of aliphatic hydroxyl groups is 1. The number of furan rings is 1. The maximum absolute atomic E-state index is 12.1. The maximum atomic E-state index is 12.1. The topological polar surface area (TPSA) is 98.0 Å². The van der Waals surface area contributed by atoms with E-state index in [4.69, 9.17) is 9.52 Å². The summed E-state index contributed by atoms with van der Waals surface area (Å²) < 4.78 is 5.60. The van der Waals surface area contributed by atoms with Gasteiger partial charge in [-0.3, -0.25) is 14.5 Å². The summed E-state index contributed by atoms with van der Waals surface area (Å²) in [5.41, 5.74) is 1.20. The second-order valence-electron chi connectivity index (χ2n) is 6.93. The standard InChI is InChI=1S/C21H28N4O4/c26-14-5-9-22-20(27)21(28)23-16-18(19-8-4-15-29-19)25-12-10-24(11-13-25)17-6-2-1-3-7-17/h1-4,6-8,15,18,26H,5,9-14,16H2,(H,22,27)(H,23,28)/t18-/m1/s1. The molecule has 3 N–H and O–H groups in total. The van der Waals surface area contributed by atoms with Crippen LogP contribution in [0.5, 0.6) is 0 Å². The number of aliphatic hydroxyl groups excluding tert-OH is 1. The van der Waals surface area contributed by atoms with E-state index in [1.165, 1.54) is 5.69 Å². The van der Waals surface area contributed by atoms with Crippen LogP contribution in [0.3, 0.4) is 0 Å². The fraction of sp³-hybridized carbons (Fsp3) is 0.429. The van der Waals surface area contributed by atoms with E-state index < -0.39 is 11.8 Å². The van der Waals surface area contributed by atoms with Crippen molar-refractivity contribution in [3.8, 4) is 0 Å². The lowest BCUT2D eigenvalue weighted by atomic mass is 10.1. The third-order valence-electron chi connectivity index (χ3n) is 5.03. The number of benzene rings is 1. The third-order valence-corrected chi connectivity index (χ3v) is 5.03. The molecule has 1 aliphatic rings. The van der Waals surface area contributed by atoms with E-state index in [0.29, 0.717) is 6.42 Å². The number of piperazine rings is 1. The molecule has 8 heteroatoms. The van der Waals surface area contributed by atoms with Crippen molar-refractivity contribution >= 4 is 17.5 Å². The van der Waals surface area contributed by atoms with E-state index in [9.17, 15) is 9.59 Å². The Bertz CT molecular complexity index is 758. The summed E-state index contributed by atoms with van der Waals surface area (Å²) in [5.74, 6) is -0.605. The molecule has 0 unspecified atom stereocenters. The molecule has 3 rings (SSSR count). The summed E-state index contributed by atoms with van der Waals surface area (Å²) in [5, 5.41) is 14.0. The number of nitrogens with one attached hydrogen (secondary N) is 2. The Morgan fingerprint density at radius 3 is 2.38 bits per heavy atom. The molecule has 156 valence electrons. The summed E-state index contributed by atoms with van der Waals surface area (Å²) >= 11 is 0. The lowest BCUT2D eigenvalue weighted by Gasteiger charge is -2.39. The number of amides is 2. The minimum atomic E-state index is -0.689. The van der Waals surface area contributed by atoms with Gasteiger partial charge < -0.3 is 25.1 Å². The number of para-hydroxylation sites is 1. The van der Waals surface area contributed by atoms with Gasteiger partial charge in [-0.15, -0.1) is 0 Å². The second-order valence-corrected chi connectivity index (χ2v) is 6.93. The highest BCUT2D eigenvalue weighted by Crippen LogP contribution is 2.24. The summed E-state index contributed by atoms with van der Waals surface area (Å²) in [6, 6.07) is 13.9. The fourth-order valence-electron chi connectivity index (χ4n) is 3.45. The van der Waals surface area contributed by atoms with Gasteiger partial charge in [0.25, 0.3) is 0 Å². The zero-order chi connectivity index (χ0) is 20.5. The highest BCUT2D eigenvalue weighted by atomic mass is 16.3. The van der Waals surface area contributed by atoms with Crippen molar-refractivity contribution in [3.63, 3.8) is 0 Å². The predicted octanol–water partition coefficient (Wildman–Crippen LogP) is 0.758. The Balaban J connectivity index is 1.56. The molecule has 2 aromatic rings. The Labute approximate surface area is 170 Å². The number of anilines is 1. The monoisotopic (exact) mass is 400 g/mol. The molecule has 0 saturated carbocycles. The lowest BCUT2D eigenvalue weighted by molar-refractivity contribution is -0.139. The van der Waals surface area contributed by atoms with Gasteiger partial charge in [0.05, 0.1) is 12.3 Å². The molecule has 2 heterocycles. The van der Waals surface area contributed by atoms with E-state index in [-0.39, 0.29) is 25.7 Å². The van der Waals surface area contributed by atoms with Crippen LogP contribution in [0.2, 0.25) is 0 Å². The fourth-order valence-corrected chi connectivity index (χ4v) is 3.45. The molecule has 1 aliphatic heterocycles. The number of rotatable bonds is 8. The van der Waals surface area contributed by atoms with Gasteiger partial charge >= 0.3 is 11.8 Å². The molecule has 1 aromatic carbocycles. The molecule has 29 heavy (non-hydrogen) atoms. The molecule has 0 aliphatic carbocycles. The second kappa shape index (κ2) is 10.6. The number of carbonyl (C=O) groups excluding carboxylic acids is 2. The van der Waals surface area contributed by atoms with Crippen molar-refractivity contribution in [2.24, 2.45) is 0 Å². The van der Waals surface area contributed by atoms with Crippen LogP contribution < -0.4 is 15.5 Å². The van der Waals surface area contributed by atoms with Gasteiger partial charge in [0, 0.05) is 51.6 Å². The summed E-state index contributed by atoms with van der Waals surface area (Å²) in [6.07, 6.45) is 2.03. The molecule has 1 atom stereocenters. The van der Waals surface area contributed by atoms with Crippen LogP contribution in [-0.4, -0.2) is 67.7 Å². The zero-order valence-electron chi connectivity index (χ0n) is 16.4. The van der Waals surface area contributed by atoms with Gasteiger partial charge in [-0.1, -0.05) is 18.2 Å². The Hall–Kier alpha value is -2.84. The van der Waals surface area contributed by atoms with Gasteiger partial charge in [0.2, 0.25) is 0 Å². The molecule has 1 fully saturated rings. The van der Waals surface area contributed by atoms with Gasteiger partial charge in [-0.2, -0.15) is 0 Å². The average Bonchev–Trinajstić information content (AvgIpc) is 3.29. The third kappa shape index (κ3) is 5.82. The molecule has 1 aromatic heterocycles. The van der Waals surface area contributed by atoms with Crippen LogP contribution in [0.1, 0.15) is 18.2 Å². The number of carbonyl (C=O) groups is 2. The van der Waals surface area contributed by atoms with Crippen LogP contribution in [0.25, 0.3) is 0 Å². The van der Waals surface area contributed by atoms with Crippen molar-refractivity contribution in [2.45, 2.75) is 12.5 Å². The molecule has 2 amide bonds.